The molecule has 0 aliphatic carbocycles. The fourth-order valence-electron chi connectivity index (χ4n) is 2.74. The molecule has 1 aliphatic rings. The highest BCUT2D eigenvalue weighted by molar-refractivity contribution is 5.96. The van der Waals surface area contributed by atoms with Crippen molar-refractivity contribution in [3.8, 4) is 0 Å². The molecule has 0 saturated carbocycles. The first-order valence-electron chi connectivity index (χ1n) is 7.71. The summed E-state index contributed by atoms with van der Waals surface area (Å²) in [6.45, 7) is 7.60. The molecular weight excluding hydrogens is 278 g/mol. The van der Waals surface area contributed by atoms with E-state index in [0.29, 0.717) is 11.3 Å². The summed E-state index contributed by atoms with van der Waals surface area (Å²) in [5.41, 5.74) is 3.24. The summed E-state index contributed by atoms with van der Waals surface area (Å²) in [5, 5.41) is 2.76. The van der Waals surface area contributed by atoms with E-state index >= 15 is 0 Å². The van der Waals surface area contributed by atoms with Crippen molar-refractivity contribution in [2.75, 3.05) is 0 Å². The molecule has 2 atom stereocenters. The first-order chi connectivity index (χ1) is 10.4. The summed E-state index contributed by atoms with van der Waals surface area (Å²) in [6.07, 6.45) is 0.898. The van der Waals surface area contributed by atoms with Gasteiger partial charge in [0.25, 0.3) is 0 Å². The summed E-state index contributed by atoms with van der Waals surface area (Å²) < 4.78 is 5.49. The molecule has 0 saturated heterocycles. The Morgan fingerprint density at radius 1 is 1.36 bits per heavy atom. The van der Waals surface area contributed by atoms with Crippen molar-refractivity contribution in [3.63, 3.8) is 0 Å². The second-order valence-corrected chi connectivity index (χ2v) is 5.82. The lowest BCUT2D eigenvalue weighted by molar-refractivity contribution is -0.144. The number of rotatable bonds is 4. The molecule has 0 bridgehead atoms. The van der Waals surface area contributed by atoms with E-state index in [1.54, 1.807) is 6.92 Å². The van der Waals surface area contributed by atoms with Gasteiger partial charge in [-0.3, -0.25) is 4.79 Å². The van der Waals surface area contributed by atoms with Crippen LogP contribution >= 0.6 is 0 Å². The van der Waals surface area contributed by atoms with Gasteiger partial charge < -0.3 is 10.1 Å². The Kier molecular flexibility index (Phi) is 5.01. The summed E-state index contributed by atoms with van der Waals surface area (Å²) in [7, 11) is 0. The van der Waals surface area contributed by atoms with Crippen LogP contribution in [0.5, 0.6) is 0 Å². The van der Waals surface area contributed by atoms with Crippen LogP contribution < -0.4 is 5.32 Å². The van der Waals surface area contributed by atoms with Gasteiger partial charge in [0.2, 0.25) is 5.91 Å². The zero-order chi connectivity index (χ0) is 16.3. The van der Waals surface area contributed by atoms with Gasteiger partial charge in [0.1, 0.15) is 0 Å². The average molecular weight is 301 g/mol. The number of hydrogen-bond donors (Lipinski definition) is 1. The summed E-state index contributed by atoms with van der Waals surface area (Å²) >= 11 is 0. The van der Waals surface area contributed by atoms with Gasteiger partial charge in [0.05, 0.1) is 11.7 Å². The number of allylic oxidation sites excluding steroid dienone is 1. The van der Waals surface area contributed by atoms with Gasteiger partial charge in [-0.15, -0.1) is 0 Å². The molecule has 1 aliphatic heterocycles. The smallest absolute Gasteiger partial charge is 0.336 e. The van der Waals surface area contributed by atoms with E-state index in [1.165, 1.54) is 0 Å². The van der Waals surface area contributed by atoms with E-state index in [-0.39, 0.29) is 30.3 Å². The van der Waals surface area contributed by atoms with Crippen molar-refractivity contribution in [1.82, 2.24) is 5.32 Å². The number of aryl methyl sites for hydroxylation is 1. The van der Waals surface area contributed by atoms with E-state index in [9.17, 15) is 9.59 Å². The summed E-state index contributed by atoms with van der Waals surface area (Å²) in [5.74, 6) is -0.641. The SMILES string of the molecule is CC[C@@H](C)OC(=O)C1=C(C)NC(=O)C[C@H]1c1ccccc1C. The van der Waals surface area contributed by atoms with Crippen LogP contribution in [0.4, 0.5) is 0 Å². The number of hydrogen-bond acceptors (Lipinski definition) is 3. The highest BCUT2D eigenvalue weighted by Gasteiger charge is 2.33. The molecule has 0 fully saturated rings. The molecule has 22 heavy (non-hydrogen) atoms. The van der Waals surface area contributed by atoms with Gasteiger partial charge in [0.15, 0.2) is 0 Å². The lowest BCUT2D eigenvalue weighted by Gasteiger charge is -2.28. The normalized spacial score (nSPS) is 19.6. The molecule has 1 amide bonds. The number of ether oxygens (including phenoxy) is 1. The molecular formula is C18H23NO3. The van der Waals surface area contributed by atoms with Crippen LogP contribution in [0.1, 0.15) is 50.7 Å². The quantitative estimate of drug-likeness (QED) is 0.869. The zero-order valence-corrected chi connectivity index (χ0v) is 13.6. The monoisotopic (exact) mass is 301 g/mol. The molecule has 0 unspecified atom stereocenters. The van der Waals surface area contributed by atoms with Gasteiger partial charge in [-0.25, -0.2) is 4.79 Å². The number of benzene rings is 1. The fraction of sp³-hybridized carbons (Fsp3) is 0.444. The van der Waals surface area contributed by atoms with Crippen molar-refractivity contribution < 1.29 is 14.3 Å². The minimum absolute atomic E-state index is 0.0640. The summed E-state index contributed by atoms with van der Waals surface area (Å²) in [4.78, 5) is 24.5. The third-order valence-electron chi connectivity index (χ3n) is 4.14. The molecule has 0 spiro atoms. The third-order valence-corrected chi connectivity index (χ3v) is 4.14. The fourth-order valence-corrected chi connectivity index (χ4v) is 2.74. The van der Waals surface area contributed by atoms with E-state index in [0.717, 1.165) is 17.5 Å². The van der Waals surface area contributed by atoms with Crippen molar-refractivity contribution in [3.05, 3.63) is 46.7 Å². The molecule has 4 heteroatoms. The molecule has 4 nitrogen and oxygen atoms in total. The van der Waals surface area contributed by atoms with Gasteiger partial charge in [-0.05, 0) is 38.3 Å². The Morgan fingerprint density at radius 2 is 2.05 bits per heavy atom. The first kappa shape index (κ1) is 16.3. The number of amides is 1. The average Bonchev–Trinajstić information content (AvgIpc) is 2.46. The Hall–Kier alpha value is -2.10. The standard InChI is InChI=1S/C18H23NO3/c1-5-12(3)22-18(21)17-13(4)19-16(20)10-15(17)14-9-7-6-8-11(14)2/h6-9,12,15H,5,10H2,1-4H3,(H,19,20)/t12-,15+/m1/s1. The lowest BCUT2D eigenvalue weighted by Crippen LogP contribution is -2.35. The van der Waals surface area contributed by atoms with Gasteiger partial charge in [0, 0.05) is 18.0 Å². The molecule has 0 aromatic heterocycles. The van der Waals surface area contributed by atoms with Crippen LogP contribution in [0.15, 0.2) is 35.5 Å². The van der Waals surface area contributed by atoms with Gasteiger partial charge in [-0.1, -0.05) is 31.2 Å². The lowest BCUT2D eigenvalue weighted by atomic mass is 9.82. The topological polar surface area (TPSA) is 55.4 Å². The van der Waals surface area contributed by atoms with Crippen LogP contribution in [0.3, 0.4) is 0 Å². The number of carbonyl (C=O) groups excluding carboxylic acids is 2. The summed E-state index contributed by atoms with van der Waals surface area (Å²) in [6, 6.07) is 7.86. The minimum atomic E-state index is -0.333. The first-order valence-corrected chi connectivity index (χ1v) is 7.71. The van der Waals surface area contributed by atoms with E-state index < -0.39 is 0 Å². The maximum atomic E-state index is 12.5. The number of esters is 1. The second-order valence-electron chi connectivity index (χ2n) is 5.82. The van der Waals surface area contributed by atoms with Crippen LogP contribution in [0.25, 0.3) is 0 Å². The zero-order valence-electron chi connectivity index (χ0n) is 13.6. The van der Waals surface area contributed by atoms with Crippen LogP contribution in [0.2, 0.25) is 0 Å². The Bertz CT molecular complexity index is 619. The predicted octanol–water partition coefficient (Wildman–Crippen LogP) is 3.21. The Balaban J connectivity index is 2.41. The van der Waals surface area contributed by atoms with Crippen LogP contribution in [0, 0.1) is 6.92 Å². The second kappa shape index (κ2) is 6.77. The molecule has 1 heterocycles. The largest absolute Gasteiger partial charge is 0.459 e. The van der Waals surface area contributed by atoms with Crippen LogP contribution in [-0.4, -0.2) is 18.0 Å². The molecule has 0 radical (unpaired) electrons. The predicted molar refractivity (Wildman–Crippen MR) is 85.2 cm³/mol. The van der Waals surface area contributed by atoms with Crippen molar-refractivity contribution in [2.45, 2.75) is 52.6 Å². The Morgan fingerprint density at radius 3 is 2.68 bits per heavy atom. The maximum Gasteiger partial charge on any atom is 0.336 e. The molecule has 1 aromatic rings. The van der Waals surface area contributed by atoms with Gasteiger partial charge >= 0.3 is 5.97 Å². The Labute approximate surface area is 131 Å². The van der Waals surface area contributed by atoms with Crippen LogP contribution in [-0.2, 0) is 14.3 Å². The highest BCUT2D eigenvalue weighted by Crippen LogP contribution is 2.35. The van der Waals surface area contributed by atoms with Crippen molar-refractivity contribution in [1.29, 1.82) is 0 Å². The highest BCUT2D eigenvalue weighted by atomic mass is 16.5. The van der Waals surface area contributed by atoms with Gasteiger partial charge in [-0.2, -0.15) is 0 Å². The van der Waals surface area contributed by atoms with Crippen molar-refractivity contribution in [2.24, 2.45) is 0 Å². The molecule has 1 N–H and O–H groups in total. The maximum absolute atomic E-state index is 12.5. The molecule has 1 aromatic carbocycles. The minimum Gasteiger partial charge on any atom is -0.459 e. The number of carbonyl (C=O) groups is 2. The van der Waals surface area contributed by atoms with E-state index in [4.69, 9.17) is 4.74 Å². The third kappa shape index (κ3) is 3.38. The van der Waals surface area contributed by atoms with E-state index in [1.807, 2.05) is 45.0 Å². The van der Waals surface area contributed by atoms with E-state index in [2.05, 4.69) is 5.32 Å². The van der Waals surface area contributed by atoms with Crippen molar-refractivity contribution >= 4 is 11.9 Å². The number of nitrogens with one attached hydrogen (secondary N) is 1. The molecule has 2 rings (SSSR count). The molecule has 118 valence electrons.